The number of aliphatic carboxylic acids is 1. The number of fused-ring (bicyclic) bond motifs is 3. The average molecular weight is 244 g/mol. The van der Waals surface area contributed by atoms with Gasteiger partial charge in [-0.2, -0.15) is 0 Å². The Morgan fingerprint density at radius 1 is 1.33 bits per heavy atom. The fraction of sp³-hybridized carbons (Fsp3) is 0.357. The molecule has 94 valence electrons. The van der Waals surface area contributed by atoms with E-state index >= 15 is 0 Å². The molecule has 1 N–H and O–H groups in total. The summed E-state index contributed by atoms with van der Waals surface area (Å²) in [4.78, 5) is 13.2. The summed E-state index contributed by atoms with van der Waals surface area (Å²) in [5.41, 5.74) is 3.61. The molecule has 1 atom stereocenters. The van der Waals surface area contributed by atoms with Crippen molar-refractivity contribution >= 4 is 16.9 Å². The van der Waals surface area contributed by atoms with Crippen LogP contribution in [0, 0.1) is 0 Å². The summed E-state index contributed by atoms with van der Waals surface area (Å²) >= 11 is 0. The van der Waals surface area contributed by atoms with E-state index in [1.807, 2.05) is 24.1 Å². The Kier molecular flexibility index (Phi) is 2.41. The number of carboxylic acid groups (broad SMARTS) is 1. The molecule has 1 aliphatic heterocycles. The van der Waals surface area contributed by atoms with Gasteiger partial charge < -0.3 is 9.67 Å². The average Bonchev–Trinajstić information content (AvgIpc) is 2.62. The molecule has 0 amide bonds. The van der Waals surface area contributed by atoms with Crippen molar-refractivity contribution in [3.05, 3.63) is 35.5 Å². The van der Waals surface area contributed by atoms with Crippen LogP contribution in [0.2, 0.25) is 0 Å². The van der Waals surface area contributed by atoms with Crippen LogP contribution in [0.15, 0.2) is 24.3 Å². The summed E-state index contributed by atoms with van der Waals surface area (Å²) in [5, 5.41) is 10.5. The number of para-hydroxylation sites is 1. The molecule has 2 heterocycles. The molecule has 0 bridgehead atoms. The fourth-order valence-electron chi connectivity index (χ4n) is 2.93. The summed E-state index contributed by atoms with van der Waals surface area (Å²) in [5.74, 6) is -0.740. The molecule has 0 spiro atoms. The molecule has 0 saturated heterocycles. The molecule has 4 nitrogen and oxygen atoms in total. The lowest BCUT2D eigenvalue weighted by Crippen LogP contribution is -2.43. The van der Waals surface area contributed by atoms with Crippen molar-refractivity contribution in [3.8, 4) is 0 Å². The number of hydrogen-bond acceptors (Lipinski definition) is 2. The Balaban J connectivity index is 2.20. The normalized spacial score (nSPS) is 20.0. The van der Waals surface area contributed by atoms with Crippen molar-refractivity contribution in [3.63, 3.8) is 0 Å². The largest absolute Gasteiger partial charge is 0.480 e. The molecule has 0 aliphatic carbocycles. The zero-order chi connectivity index (χ0) is 12.9. The molecular weight excluding hydrogens is 228 g/mol. The van der Waals surface area contributed by atoms with Gasteiger partial charge in [-0.05, 0) is 18.7 Å². The lowest BCUT2D eigenvalue weighted by Gasteiger charge is -2.30. The second-order valence-electron chi connectivity index (χ2n) is 4.97. The predicted octanol–water partition coefficient (Wildman–Crippen LogP) is 1.62. The van der Waals surface area contributed by atoms with Gasteiger partial charge in [0.25, 0.3) is 0 Å². The van der Waals surface area contributed by atoms with Crippen molar-refractivity contribution in [2.75, 3.05) is 7.05 Å². The molecule has 2 aromatic rings. The van der Waals surface area contributed by atoms with Crippen molar-refractivity contribution in [1.29, 1.82) is 0 Å². The third-order valence-electron chi connectivity index (χ3n) is 3.96. The van der Waals surface area contributed by atoms with Gasteiger partial charge in [0.1, 0.15) is 6.04 Å². The number of aryl methyl sites for hydroxylation is 1. The van der Waals surface area contributed by atoms with Gasteiger partial charge in [-0.1, -0.05) is 18.2 Å². The molecule has 1 aromatic carbocycles. The molecule has 0 saturated carbocycles. The molecule has 0 radical (unpaired) electrons. The Bertz CT molecular complexity index is 630. The second-order valence-corrected chi connectivity index (χ2v) is 4.97. The number of aromatic nitrogens is 1. The second kappa shape index (κ2) is 3.85. The summed E-state index contributed by atoms with van der Waals surface area (Å²) in [6.07, 6.45) is 0.586. The van der Waals surface area contributed by atoms with Crippen molar-refractivity contribution in [2.24, 2.45) is 7.05 Å². The first kappa shape index (κ1) is 11.3. The van der Waals surface area contributed by atoms with Gasteiger partial charge in [-0.3, -0.25) is 9.69 Å². The van der Waals surface area contributed by atoms with E-state index in [0.717, 1.165) is 0 Å². The van der Waals surface area contributed by atoms with E-state index in [4.69, 9.17) is 0 Å². The van der Waals surface area contributed by atoms with Gasteiger partial charge in [-0.25, -0.2) is 0 Å². The third kappa shape index (κ3) is 1.46. The predicted molar refractivity (Wildman–Crippen MR) is 69.5 cm³/mol. The molecule has 0 fully saturated rings. The molecule has 1 aromatic heterocycles. The molecular formula is C14H16N2O2. The number of hydrogen-bond donors (Lipinski definition) is 1. The zero-order valence-electron chi connectivity index (χ0n) is 10.6. The molecule has 3 rings (SSSR count). The highest BCUT2D eigenvalue weighted by Gasteiger charge is 2.31. The third-order valence-corrected chi connectivity index (χ3v) is 3.96. The maximum Gasteiger partial charge on any atom is 0.321 e. The molecule has 1 unspecified atom stereocenters. The van der Waals surface area contributed by atoms with Crippen LogP contribution in [-0.2, 0) is 24.8 Å². The highest BCUT2D eigenvalue weighted by atomic mass is 16.4. The van der Waals surface area contributed by atoms with E-state index in [0.29, 0.717) is 13.0 Å². The minimum absolute atomic E-state index is 0.414. The van der Waals surface area contributed by atoms with Crippen LogP contribution in [0.5, 0.6) is 0 Å². The SMILES string of the molecule is CN1Cc2c(c3ccccc3n2C)CC1C(=O)O. The van der Waals surface area contributed by atoms with Gasteiger partial charge in [0.15, 0.2) is 0 Å². The van der Waals surface area contributed by atoms with Gasteiger partial charge in [0.2, 0.25) is 0 Å². The highest BCUT2D eigenvalue weighted by Crippen LogP contribution is 2.31. The zero-order valence-corrected chi connectivity index (χ0v) is 10.6. The van der Waals surface area contributed by atoms with Crippen molar-refractivity contribution < 1.29 is 9.90 Å². The summed E-state index contributed by atoms with van der Waals surface area (Å²) in [6, 6.07) is 7.79. The van der Waals surface area contributed by atoms with Gasteiger partial charge >= 0.3 is 5.97 Å². The maximum absolute atomic E-state index is 11.3. The van der Waals surface area contributed by atoms with Crippen LogP contribution in [0.4, 0.5) is 0 Å². The Morgan fingerprint density at radius 2 is 2.06 bits per heavy atom. The topological polar surface area (TPSA) is 45.5 Å². The van der Waals surface area contributed by atoms with Gasteiger partial charge in [-0.15, -0.1) is 0 Å². The maximum atomic E-state index is 11.3. The monoisotopic (exact) mass is 244 g/mol. The minimum Gasteiger partial charge on any atom is -0.480 e. The number of rotatable bonds is 1. The van der Waals surface area contributed by atoms with E-state index in [1.54, 1.807) is 0 Å². The van der Waals surface area contributed by atoms with Crippen LogP contribution in [0.1, 0.15) is 11.3 Å². The number of nitrogens with zero attached hydrogens (tertiary/aromatic N) is 2. The first-order chi connectivity index (χ1) is 8.59. The summed E-state index contributed by atoms with van der Waals surface area (Å²) in [7, 11) is 3.93. The van der Waals surface area contributed by atoms with Crippen LogP contribution in [0.3, 0.4) is 0 Å². The highest BCUT2D eigenvalue weighted by molar-refractivity contribution is 5.87. The fourth-order valence-corrected chi connectivity index (χ4v) is 2.93. The molecule has 4 heteroatoms. The van der Waals surface area contributed by atoms with Crippen LogP contribution >= 0.6 is 0 Å². The van der Waals surface area contributed by atoms with Gasteiger partial charge in [0, 0.05) is 36.6 Å². The van der Waals surface area contributed by atoms with E-state index in [9.17, 15) is 9.90 Å². The number of carbonyl (C=O) groups is 1. The van der Waals surface area contributed by atoms with E-state index in [-0.39, 0.29) is 0 Å². The van der Waals surface area contributed by atoms with Crippen LogP contribution in [0.25, 0.3) is 10.9 Å². The van der Waals surface area contributed by atoms with Gasteiger partial charge in [0.05, 0.1) is 0 Å². The first-order valence-corrected chi connectivity index (χ1v) is 6.08. The number of benzene rings is 1. The van der Waals surface area contributed by atoms with Crippen molar-refractivity contribution in [2.45, 2.75) is 19.0 Å². The standard InChI is InChI=1S/C14H16N2O2/c1-15-8-13-10(7-12(15)14(17)18)9-5-3-4-6-11(9)16(13)2/h3-6,12H,7-8H2,1-2H3,(H,17,18). The smallest absolute Gasteiger partial charge is 0.321 e. The summed E-state index contributed by atoms with van der Waals surface area (Å²) < 4.78 is 2.18. The van der Waals surface area contributed by atoms with E-state index in [1.165, 1.54) is 22.2 Å². The van der Waals surface area contributed by atoms with Crippen LogP contribution < -0.4 is 0 Å². The Morgan fingerprint density at radius 3 is 2.78 bits per heavy atom. The molecule has 18 heavy (non-hydrogen) atoms. The van der Waals surface area contributed by atoms with Crippen molar-refractivity contribution in [1.82, 2.24) is 9.47 Å². The van der Waals surface area contributed by atoms with E-state index in [2.05, 4.69) is 23.7 Å². The minimum atomic E-state index is -0.740. The lowest BCUT2D eigenvalue weighted by molar-refractivity contribution is -0.143. The number of likely N-dealkylation sites (N-methyl/N-ethyl adjacent to an activating group) is 1. The Labute approximate surface area is 105 Å². The Hall–Kier alpha value is -1.81. The van der Waals surface area contributed by atoms with Crippen LogP contribution in [-0.4, -0.2) is 33.6 Å². The number of carboxylic acids is 1. The summed E-state index contributed by atoms with van der Waals surface area (Å²) in [6.45, 7) is 0.692. The lowest BCUT2D eigenvalue weighted by atomic mass is 9.97. The quantitative estimate of drug-likeness (QED) is 0.829. The van der Waals surface area contributed by atoms with E-state index < -0.39 is 12.0 Å². The molecule has 1 aliphatic rings. The first-order valence-electron chi connectivity index (χ1n) is 6.08.